The molecule has 1 aliphatic heterocycles. The summed E-state index contributed by atoms with van der Waals surface area (Å²) >= 11 is 0. The average molecular weight is 351 g/mol. The van der Waals surface area contributed by atoms with E-state index in [-0.39, 0.29) is 0 Å². The van der Waals surface area contributed by atoms with Gasteiger partial charge >= 0.3 is 0 Å². The molecule has 0 saturated carbocycles. The molecule has 0 unspecified atom stereocenters. The minimum atomic E-state index is -0.484. The number of likely N-dealkylation sites (tertiary alicyclic amines) is 1. The molecule has 1 N–H and O–H groups in total. The van der Waals surface area contributed by atoms with Gasteiger partial charge < -0.3 is 9.84 Å². The van der Waals surface area contributed by atoms with Gasteiger partial charge in [-0.05, 0) is 73.4 Å². The molecule has 0 amide bonds. The summed E-state index contributed by atoms with van der Waals surface area (Å²) in [6.07, 6.45) is 4.66. The molecule has 0 bridgehead atoms. The van der Waals surface area contributed by atoms with Crippen molar-refractivity contribution in [2.45, 2.75) is 45.1 Å². The number of benzene rings is 2. The molecule has 4 rings (SSSR count). The zero-order valence-corrected chi connectivity index (χ0v) is 15.9. The first-order valence-electron chi connectivity index (χ1n) is 9.82. The van der Waals surface area contributed by atoms with Gasteiger partial charge in [0.2, 0.25) is 0 Å². The topological polar surface area (TPSA) is 32.7 Å². The fourth-order valence-electron chi connectivity index (χ4n) is 4.48. The van der Waals surface area contributed by atoms with E-state index >= 15 is 0 Å². The average Bonchev–Trinajstić information content (AvgIpc) is 3.07. The van der Waals surface area contributed by atoms with Gasteiger partial charge in [-0.15, -0.1) is 0 Å². The predicted octanol–water partition coefficient (Wildman–Crippen LogP) is 3.99. The quantitative estimate of drug-likeness (QED) is 0.799. The summed E-state index contributed by atoms with van der Waals surface area (Å²) in [7, 11) is 0. The van der Waals surface area contributed by atoms with Crippen molar-refractivity contribution < 1.29 is 9.84 Å². The Bertz CT molecular complexity index is 789. The number of hydrogen-bond acceptors (Lipinski definition) is 3. The van der Waals surface area contributed by atoms with E-state index in [0.29, 0.717) is 0 Å². The van der Waals surface area contributed by atoms with E-state index in [9.17, 15) is 5.11 Å². The number of rotatable bonds is 6. The lowest BCUT2D eigenvalue weighted by molar-refractivity contribution is -0.0840. The highest BCUT2D eigenvalue weighted by Gasteiger charge is 2.35. The summed E-state index contributed by atoms with van der Waals surface area (Å²) in [6, 6.07) is 13.1. The fourth-order valence-corrected chi connectivity index (χ4v) is 4.48. The normalized spacial score (nSPS) is 18.4. The van der Waals surface area contributed by atoms with E-state index in [2.05, 4.69) is 48.2 Å². The fraction of sp³-hybridized carbons (Fsp3) is 0.478. The van der Waals surface area contributed by atoms with Crippen LogP contribution < -0.4 is 4.74 Å². The standard InChI is InChI=1S/C23H29NO2/c1-17-19(21-11-4-8-18-7-3-10-20(18)21)9-5-12-22(17)26-14-6-13-24-15-23(2,25)16-24/h4-5,8-9,11-12,25H,3,6-7,10,13-16H2,1-2H3. The van der Waals surface area contributed by atoms with Gasteiger partial charge in [-0.25, -0.2) is 0 Å². The molecule has 3 heteroatoms. The molecule has 1 fully saturated rings. The molecule has 2 aromatic rings. The van der Waals surface area contributed by atoms with Crippen molar-refractivity contribution in [2.75, 3.05) is 26.2 Å². The maximum absolute atomic E-state index is 9.79. The Balaban J connectivity index is 1.41. The van der Waals surface area contributed by atoms with Crippen molar-refractivity contribution in [1.29, 1.82) is 0 Å². The molecule has 0 atom stereocenters. The van der Waals surface area contributed by atoms with Gasteiger partial charge in [0.25, 0.3) is 0 Å². The summed E-state index contributed by atoms with van der Waals surface area (Å²) in [5.74, 6) is 0.994. The summed E-state index contributed by atoms with van der Waals surface area (Å²) in [5.41, 5.74) is 6.48. The Morgan fingerprint density at radius 2 is 1.85 bits per heavy atom. The van der Waals surface area contributed by atoms with Gasteiger partial charge in [0.1, 0.15) is 5.75 Å². The van der Waals surface area contributed by atoms with Crippen LogP contribution in [0.25, 0.3) is 11.1 Å². The second-order valence-electron chi connectivity index (χ2n) is 8.14. The van der Waals surface area contributed by atoms with Crippen LogP contribution >= 0.6 is 0 Å². The third kappa shape index (κ3) is 3.51. The Hall–Kier alpha value is -1.84. The van der Waals surface area contributed by atoms with E-state index in [1.807, 2.05) is 6.92 Å². The van der Waals surface area contributed by atoms with E-state index in [0.717, 1.165) is 38.4 Å². The van der Waals surface area contributed by atoms with Gasteiger partial charge in [-0.3, -0.25) is 4.90 Å². The van der Waals surface area contributed by atoms with Crippen LogP contribution in [0.1, 0.15) is 36.5 Å². The van der Waals surface area contributed by atoms with E-state index < -0.39 is 5.60 Å². The molecule has 26 heavy (non-hydrogen) atoms. The largest absolute Gasteiger partial charge is 0.493 e. The van der Waals surface area contributed by atoms with Gasteiger partial charge in [0.15, 0.2) is 0 Å². The third-order valence-corrected chi connectivity index (χ3v) is 5.72. The summed E-state index contributed by atoms with van der Waals surface area (Å²) in [6.45, 7) is 7.33. The minimum absolute atomic E-state index is 0.484. The molecule has 0 radical (unpaired) electrons. The van der Waals surface area contributed by atoms with Gasteiger partial charge in [0.05, 0.1) is 12.2 Å². The van der Waals surface area contributed by atoms with Crippen molar-refractivity contribution in [3.63, 3.8) is 0 Å². The van der Waals surface area contributed by atoms with Crippen LogP contribution in [0.2, 0.25) is 0 Å². The monoisotopic (exact) mass is 351 g/mol. The highest BCUT2D eigenvalue weighted by molar-refractivity contribution is 5.74. The minimum Gasteiger partial charge on any atom is -0.493 e. The maximum atomic E-state index is 9.79. The first-order valence-corrected chi connectivity index (χ1v) is 9.82. The molecular formula is C23H29NO2. The number of ether oxygens (including phenoxy) is 1. The number of hydrogen-bond donors (Lipinski definition) is 1. The lowest BCUT2D eigenvalue weighted by Crippen LogP contribution is -2.59. The van der Waals surface area contributed by atoms with Crippen LogP contribution in [0.15, 0.2) is 36.4 Å². The lowest BCUT2D eigenvalue weighted by atomic mass is 9.93. The highest BCUT2D eigenvalue weighted by atomic mass is 16.5. The smallest absolute Gasteiger partial charge is 0.122 e. The second kappa shape index (κ2) is 7.05. The molecule has 2 aliphatic rings. The van der Waals surface area contributed by atoms with Crippen LogP contribution in [0.5, 0.6) is 5.75 Å². The first-order chi connectivity index (χ1) is 12.5. The number of aryl methyl sites for hydroxylation is 1. The maximum Gasteiger partial charge on any atom is 0.122 e. The second-order valence-corrected chi connectivity index (χ2v) is 8.14. The van der Waals surface area contributed by atoms with E-state index in [1.54, 1.807) is 0 Å². The highest BCUT2D eigenvalue weighted by Crippen LogP contribution is 2.36. The molecule has 0 spiro atoms. The van der Waals surface area contributed by atoms with Crippen molar-refractivity contribution in [3.8, 4) is 16.9 Å². The van der Waals surface area contributed by atoms with Crippen molar-refractivity contribution in [3.05, 3.63) is 53.1 Å². The summed E-state index contributed by atoms with van der Waals surface area (Å²) in [4.78, 5) is 2.28. The van der Waals surface area contributed by atoms with Crippen LogP contribution in [-0.2, 0) is 12.8 Å². The number of β-amino-alcohol motifs (C(OH)–C–C–N with tert-alkyl or cyclic N) is 1. The predicted molar refractivity (Wildman–Crippen MR) is 106 cm³/mol. The molecule has 138 valence electrons. The zero-order chi connectivity index (χ0) is 18.1. The SMILES string of the molecule is Cc1c(OCCCN2CC(C)(O)C2)cccc1-c1cccc2c1CCC2. The third-order valence-electron chi connectivity index (χ3n) is 5.72. The number of fused-ring (bicyclic) bond motifs is 1. The Morgan fingerprint density at radius 1 is 1.08 bits per heavy atom. The lowest BCUT2D eigenvalue weighted by Gasteiger charge is -2.44. The van der Waals surface area contributed by atoms with Crippen LogP contribution in [0.4, 0.5) is 0 Å². The molecule has 1 heterocycles. The van der Waals surface area contributed by atoms with Crippen LogP contribution in [-0.4, -0.2) is 41.8 Å². The van der Waals surface area contributed by atoms with Crippen LogP contribution in [0, 0.1) is 6.92 Å². The number of nitrogens with zero attached hydrogens (tertiary/aromatic N) is 1. The van der Waals surface area contributed by atoms with Gasteiger partial charge in [-0.2, -0.15) is 0 Å². The van der Waals surface area contributed by atoms with Crippen molar-refractivity contribution in [2.24, 2.45) is 0 Å². The molecular weight excluding hydrogens is 322 g/mol. The van der Waals surface area contributed by atoms with Gasteiger partial charge in [-0.1, -0.05) is 30.3 Å². The van der Waals surface area contributed by atoms with Crippen molar-refractivity contribution >= 4 is 0 Å². The van der Waals surface area contributed by atoms with Crippen molar-refractivity contribution in [1.82, 2.24) is 4.90 Å². The first kappa shape index (κ1) is 17.6. The van der Waals surface area contributed by atoms with E-state index in [4.69, 9.17) is 4.74 Å². The zero-order valence-electron chi connectivity index (χ0n) is 15.9. The molecule has 3 nitrogen and oxygen atoms in total. The molecule has 0 aromatic heterocycles. The van der Waals surface area contributed by atoms with E-state index in [1.165, 1.54) is 47.1 Å². The number of aliphatic hydroxyl groups is 1. The Labute approximate surface area is 156 Å². The Kier molecular flexibility index (Phi) is 4.76. The van der Waals surface area contributed by atoms with Gasteiger partial charge in [0, 0.05) is 19.6 Å². The van der Waals surface area contributed by atoms with Crippen LogP contribution in [0.3, 0.4) is 0 Å². The Morgan fingerprint density at radius 3 is 2.65 bits per heavy atom. The summed E-state index contributed by atoms with van der Waals surface area (Å²) in [5, 5.41) is 9.79. The summed E-state index contributed by atoms with van der Waals surface area (Å²) < 4.78 is 6.10. The molecule has 1 saturated heterocycles. The molecule has 2 aromatic carbocycles. The molecule has 1 aliphatic carbocycles.